The second-order valence-corrected chi connectivity index (χ2v) is 9.83. The molecule has 1 amide bonds. The lowest BCUT2D eigenvalue weighted by Crippen LogP contribution is -2.15. The van der Waals surface area contributed by atoms with Gasteiger partial charge in [-0.15, -0.1) is 0 Å². The normalized spacial score (nSPS) is 16.0. The van der Waals surface area contributed by atoms with Crippen LogP contribution in [0.2, 0.25) is 4.34 Å². The van der Waals surface area contributed by atoms with Crippen LogP contribution in [0.4, 0.5) is 5.13 Å². The summed E-state index contributed by atoms with van der Waals surface area (Å²) in [5.41, 5.74) is 1.04. The quantitative estimate of drug-likeness (QED) is 0.755. The lowest BCUT2D eigenvalue weighted by atomic mass is 9.99. The minimum atomic E-state index is -3.39. The Morgan fingerprint density at radius 2 is 2.00 bits per heavy atom. The summed E-state index contributed by atoms with van der Waals surface area (Å²) >= 11 is 7.04. The van der Waals surface area contributed by atoms with Gasteiger partial charge in [-0.3, -0.25) is 10.1 Å². The molecule has 0 radical (unpaired) electrons. The van der Waals surface area contributed by atoms with Gasteiger partial charge in [0.15, 0.2) is 20.0 Å². The molecule has 2 heterocycles. The zero-order valence-electron chi connectivity index (χ0n) is 14.1. The molecule has 1 N–H and O–H groups in total. The van der Waals surface area contributed by atoms with E-state index in [1.807, 2.05) is 6.08 Å². The van der Waals surface area contributed by atoms with Crippen LogP contribution in [0.25, 0.3) is 5.57 Å². The number of allylic oxidation sites excluding steroid dienone is 1. The number of rotatable bonds is 5. The Hall–Kier alpha value is -1.77. The Kier molecular flexibility index (Phi) is 5.74. The van der Waals surface area contributed by atoms with Gasteiger partial charge in [0.25, 0.3) is 5.91 Å². The van der Waals surface area contributed by atoms with E-state index in [0.717, 1.165) is 31.9 Å². The molecule has 0 aromatic carbocycles. The van der Waals surface area contributed by atoms with Crippen molar-refractivity contribution in [1.82, 2.24) is 9.97 Å². The van der Waals surface area contributed by atoms with E-state index in [1.165, 1.54) is 29.8 Å². The van der Waals surface area contributed by atoms with E-state index in [4.69, 9.17) is 11.6 Å². The molecule has 3 rings (SSSR count). The monoisotopic (exact) mass is 411 g/mol. The summed E-state index contributed by atoms with van der Waals surface area (Å²) in [6, 6.07) is 3.03. The standard InChI is InChI=1S/C17H18ClN3O3S2/c1-26(23,24)15-7-6-12(9-19-15)13(8-11-4-2-3-5-11)16(22)21-17-20-10-14(18)25-17/h6-11H,2-5H2,1H3,(H,20,21,22)/b13-8+. The maximum Gasteiger partial charge on any atom is 0.257 e. The van der Waals surface area contributed by atoms with Gasteiger partial charge in [-0.1, -0.05) is 41.9 Å². The molecule has 6 nitrogen and oxygen atoms in total. The summed E-state index contributed by atoms with van der Waals surface area (Å²) in [4.78, 5) is 20.8. The number of hydrogen-bond acceptors (Lipinski definition) is 6. The lowest BCUT2D eigenvalue weighted by molar-refractivity contribution is -0.111. The van der Waals surface area contributed by atoms with Crippen molar-refractivity contribution >= 4 is 49.4 Å². The molecule has 0 bridgehead atoms. The molecule has 0 unspecified atom stereocenters. The fourth-order valence-corrected chi connectivity index (χ4v) is 4.27. The molecule has 0 spiro atoms. The van der Waals surface area contributed by atoms with Gasteiger partial charge in [-0.25, -0.2) is 18.4 Å². The number of halogens is 1. The number of aromatic nitrogens is 2. The Labute approximate surface area is 161 Å². The van der Waals surface area contributed by atoms with E-state index in [2.05, 4.69) is 15.3 Å². The number of nitrogens with one attached hydrogen (secondary N) is 1. The van der Waals surface area contributed by atoms with Gasteiger partial charge >= 0.3 is 0 Å². The van der Waals surface area contributed by atoms with Crippen molar-refractivity contribution in [2.75, 3.05) is 11.6 Å². The van der Waals surface area contributed by atoms with E-state index >= 15 is 0 Å². The fourth-order valence-electron chi connectivity index (χ4n) is 2.90. The molecule has 1 saturated carbocycles. The van der Waals surface area contributed by atoms with Crippen LogP contribution in [0.3, 0.4) is 0 Å². The molecule has 0 aliphatic heterocycles. The van der Waals surface area contributed by atoms with E-state index < -0.39 is 9.84 Å². The van der Waals surface area contributed by atoms with Crippen molar-refractivity contribution in [3.05, 3.63) is 40.5 Å². The molecule has 2 aromatic rings. The molecular weight excluding hydrogens is 394 g/mol. The number of thiazole rings is 1. The van der Waals surface area contributed by atoms with E-state index in [0.29, 0.717) is 26.5 Å². The average molecular weight is 412 g/mol. The van der Waals surface area contributed by atoms with Crippen LogP contribution in [0.15, 0.2) is 35.6 Å². The van der Waals surface area contributed by atoms with Crippen molar-refractivity contribution < 1.29 is 13.2 Å². The number of nitrogens with zero attached hydrogens (tertiary/aromatic N) is 2. The highest BCUT2D eigenvalue weighted by molar-refractivity contribution is 7.90. The van der Waals surface area contributed by atoms with Crippen molar-refractivity contribution in [3.63, 3.8) is 0 Å². The van der Waals surface area contributed by atoms with Crippen LogP contribution < -0.4 is 5.32 Å². The van der Waals surface area contributed by atoms with Crippen LogP contribution in [0.1, 0.15) is 31.2 Å². The summed E-state index contributed by atoms with van der Waals surface area (Å²) in [7, 11) is -3.39. The summed E-state index contributed by atoms with van der Waals surface area (Å²) in [5, 5.41) is 3.14. The summed E-state index contributed by atoms with van der Waals surface area (Å²) in [5.74, 6) is 0.0158. The first-order chi connectivity index (χ1) is 12.3. The molecule has 26 heavy (non-hydrogen) atoms. The van der Waals surface area contributed by atoms with E-state index in [-0.39, 0.29) is 10.9 Å². The zero-order valence-corrected chi connectivity index (χ0v) is 16.5. The molecule has 9 heteroatoms. The maximum atomic E-state index is 12.8. The van der Waals surface area contributed by atoms with E-state index in [1.54, 1.807) is 6.07 Å². The number of carbonyl (C=O) groups is 1. The molecule has 138 valence electrons. The van der Waals surface area contributed by atoms with Crippen molar-refractivity contribution in [2.24, 2.45) is 5.92 Å². The maximum absolute atomic E-state index is 12.8. The molecule has 1 aliphatic carbocycles. The number of pyridine rings is 1. The zero-order chi connectivity index (χ0) is 18.7. The van der Waals surface area contributed by atoms with Gasteiger partial charge < -0.3 is 0 Å². The topological polar surface area (TPSA) is 89.0 Å². The van der Waals surface area contributed by atoms with Crippen LogP contribution in [0.5, 0.6) is 0 Å². The largest absolute Gasteiger partial charge is 0.298 e. The van der Waals surface area contributed by atoms with Crippen molar-refractivity contribution in [2.45, 2.75) is 30.7 Å². The van der Waals surface area contributed by atoms with Crippen LogP contribution in [-0.4, -0.2) is 30.5 Å². The Balaban J connectivity index is 1.91. The van der Waals surface area contributed by atoms with Gasteiger partial charge in [-0.05, 0) is 30.9 Å². The Morgan fingerprint density at radius 1 is 1.27 bits per heavy atom. The second-order valence-electron chi connectivity index (χ2n) is 6.21. The summed E-state index contributed by atoms with van der Waals surface area (Å²) < 4.78 is 23.7. The third-order valence-corrected chi connectivity index (χ3v) is 6.20. The number of hydrogen-bond donors (Lipinski definition) is 1. The van der Waals surface area contributed by atoms with Crippen molar-refractivity contribution in [3.8, 4) is 0 Å². The van der Waals surface area contributed by atoms with Gasteiger partial charge in [0.05, 0.1) is 6.20 Å². The molecule has 1 aliphatic rings. The molecule has 2 aromatic heterocycles. The van der Waals surface area contributed by atoms with Crippen LogP contribution in [0, 0.1) is 5.92 Å². The van der Waals surface area contributed by atoms with Gasteiger partial charge in [0, 0.05) is 23.6 Å². The first-order valence-corrected chi connectivity index (χ1v) is 11.2. The summed E-state index contributed by atoms with van der Waals surface area (Å²) in [6.07, 6.45) is 10.3. The first-order valence-electron chi connectivity index (χ1n) is 8.14. The predicted octanol–water partition coefficient (Wildman–Crippen LogP) is 3.81. The van der Waals surface area contributed by atoms with Gasteiger partial charge in [0.2, 0.25) is 0 Å². The van der Waals surface area contributed by atoms with Crippen LogP contribution >= 0.6 is 22.9 Å². The number of sulfone groups is 1. The van der Waals surface area contributed by atoms with Crippen LogP contribution in [-0.2, 0) is 14.6 Å². The summed E-state index contributed by atoms with van der Waals surface area (Å²) in [6.45, 7) is 0. The third kappa shape index (κ3) is 4.69. The molecule has 0 saturated heterocycles. The number of carbonyl (C=O) groups excluding carboxylic acids is 1. The number of amides is 1. The van der Waals surface area contributed by atoms with Gasteiger partial charge in [0.1, 0.15) is 4.34 Å². The van der Waals surface area contributed by atoms with E-state index in [9.17, 15) is 13.2 Å². The SMILES string of the molecule is CS(=O)(=O)c1ccc(/C(=C\C2CCCC2)C(=O)Nc2ncc(Cl)s2)cn1. The smallest absolute Gasteiger partial charge is 0.257 e. The second kappa shape index (κ2) is 7.85. The molecule has 1 fully saturated rings. The third-order valence-electron chi connectivity index (χ3n) is 4.17. The number of anilines is 1. The highest BCUT2D eigenvalue weighted by Crippen LogP contribution is 2.30. The highest BCUT2D eigenvalue weighted by Gasteiger charge is 2.20. The van der Waals surface area contributed by atoms with Gasteiger partial charge in [-0.2, -0.15) is 0 Å². The molecular formula is C17H18ClN3O3S2. The van der Waals surface area contributed by atoms with Crippen molar-refractivity contribution in [1.29, 1.82) is 0 Å². The first kappa shape index (κ1) is 19.0. The minimum absolute atomic E-state index is 0.0198. The fraction of sp³-hybridized carbons (Fsp3) is 0.353. The minimum Gasteiger partial charge on any atom is -0.298 e. The Morgan fingerprint density at radius 3 is 2.54 bits per heavy atom. The highest BCUT2D eigenvalue weighted by atomic mass is 35.5. The predicted molar refractivity (Wildman–Crippen MR) is 103 cm³/mol. The molecule has 0 atom stereocenters. The average Bonchev–Trinajstić information content (AvgIpc) is 3.23. The Bertz CT molecular complexity index is 930. The lowest BCUT2D eigenvalue weighted by Gasteiger charge is -2.11.